The van der Waals surface area contributed by atoms with Crippen molar-refractivity contribution < 1.29 is 14.0 Å². The molecule has 0 amide bonds. The average molecular weight is 316 g/mol. The molecular formula is C18H24N2O3. The highest BCUT2D eigenvalue weighted by atomic mass is 16.5. The second kappa shape index (κ2) is 6.81. The predicted molar refractivity (Wildman–Crippen MR) is 86.6 cm³/mol. The van der Waals surface area contributed by atoms with Gasteiger partial charge < -0.3 is 14.0 Å². The van der Waals surface area contributed by atoms with E-state index in [1.807, 2.05) is 6.92 Å². The van der Waals surface area contributed by atoms with Gasteiger partial charge in [0, 0.05) is 20.3 Å². The molecule has 0 saturated carbocycles. The Morgan fingerprint density at radius 3 is 2.57 bits per heavy atom. The summed E-state index contributed by atoms with van der Waals surface area (Å²) in [6.07, 6.45) is 1.74. The first kappa shape index (κ1) is 16.1. The fourth-order valence-electron chi connectivity index (χ4n) is 3.18. The largest absolute Gasteiger partial charge is 0.384 e. The summed E-state index contributed by atoms with van der Waals surface area (Å²) in [5, 5.41) is 4.32. The van der Waals surface area contributed by atoms with Crippen LogP contribution in [-0.2, 0) is 14.9 Å². The standard InChI is InChI=1S/C18H24N2O3/c1-13-4-6-15(7-5-13)18(8-10-22-11-9-18)17-19-16(23-20-17)14(2)12-21-3/h4-7,14H,8-12H2,1-3H3. The molecule has 0 radical (unpaired) electrons. The summed E-state index contributed by atoms with van der Waals surface area (Å²) < 4.78 is 16.3. The Morgan fingerprint density at radius 1 is 1.22 bits per heavy atom. The van der Waals surface area contributed by atoms with Gasteiger partial charge in [-0.3, -0.25) is 0 Å². The lowest BCUT2D eigenvalue weighted by Gasteiger charge is -2.35. The number of hydrogen-bond acceptors (Lipinski definition) is 5. The Morgan fingerprint density at radius 2 is 1.91 bits per heavy atom. The van der Waals surface area contributed by atoms with Crippen LogP contribution < -0.4 is 0 Å². The summed E-state index contributed by atoms with van der Waals surface area (Å²) in [7, 11) is 1.68. The molecular weight excluding hydrogens is 292 g/mol. The van der Waals surface area contributed by atoms with E-state index < -0.39 is 0 Å². The van der Waals surface area contributed by atoms with Crippen molar-refractivity contribution in [2.75, 3.05) is 26.9 Å². The number of rotatable bonds is 5. The highest BCUT2D eigenvalue weighted by Gasteiger charge is 2.40. The molecule has 1 saturated heterocycles. The Labute approximate surface area is 137 Å². The van der Waals surface area contributed by atoms with Crippen molar-refractivity contribution in [3.63, 3.8) is 0 Å². The van der Waals surface area contributed by atoms with Crippen LogP contribution in [0.1, 0.15) is 48.5 Å². The molecule has 5 nitrogen and oxygen atoms in total. The third-order valence-electron chi connectivity index (χ3n) is 4.66. The Kier molecular flexibility index (Phi) is 4.78. The highest BCUT2D eigenvalue weighted by Crippen LogP contribution is 2.40. The molecule has 1 aliphatic heterocycles. The molecule has 124 valence electrons. The number of aryl methyl sites for hydroxylation is 1. The summed E-state index contributed by atoms with van der Waals surface area (Å²) in [5.41, 5.74) is 2.26. The summed E-state index contributed by atoms with van der Waals surface area (Å²) in [6, 6.07) is 8.63. The van der Waals surface area contributed by atoms with Crippen LogP contribution in [0.4, 0.5) is 0 Å². The van der Waals surface area contributed by atoms with E-state index >= 15 is 0 Å². The Hall–Kier alpha value is -1.72. The number of ether oxygens (including phenoxy) is 2. The van der Waals surface area contributed by atoms with Gasteiger partial charge in [0.05, 0.1) is 17.9 Å². The van der Waals surface area contributed by atoms with E-state index in [0.717, 1.165) is 18.7 Å². The minimum atomic E-state index is -0.222. The molecule has 23 heavy (non-hydrogen) atoms. The van der Waals surface area contributed by atoms with Gasteiger partial charge in [-0.1, -0.05) is 41.9 Å². The number of nitrogens with zero attached hydrogens (tertiary/aromatic N) is 2. The van der Waals surface area contributed by atoms with Crippen molar-refractivity contribution in [2.24, 2.45) is 0 Å². The Bertz CT molecular complexity index is 630. The quantitative estimate of drug-likeness (QED) is 0.847. The smallest absolute Gasteiger partial charge is 0.231 e. The summed E-state index contributed by atoms with van der Waals surface area (Å²) in [5.74, 6) is 1.50. The molecule has 1 fully saturated rings. The van der Waals surface area contributed by atoms with Crippen LogP contribution in [0.15, 0.2) is 28.8 Å². The van der Waals surface area contributed by atoms with Crippen LogP contribution in [-0.4, -0.2) is 37.1 Å². The zero-order valence-electron chi connectivity index (χ0n) is 14.0. The number of methoxy groups -OCH3 is 1. The SMILES string of the molecule is COCC(C)c1nc(C2(c3ccc(C)cc3)CCOCC2)no1. The maximum atomic E-state index is 5.58. The second-order valence-electron chi connectivity index (χ2n) is 6.37. The first-order valence-corrected chi connectivity index (χ1v) is 8.13. The molecule has 2 aromatic rings. The van der Waals surface area contributed by atoms with E-state index in [9.17, 15) is 0 Å². The molecule has 0 bridgehead atoms. The van der Waals surface area contributed by atoms with E-state index in [2.05, 4.69) is 36.3 Å². The lowest BCUT2D eigenvalue weighted by molar-refractivity contribution is 0.0597. The van der Waals surface area contributed by atoms with Crippen LogP contribution in [0.2, 0.25) is 0 Å². The monoisotopic (exact) mass is 316 g/mol. The minimum Gasteiger partial charge on any atom is -0.384 e. The molecule has 2 heterocycles. The van der Waals surface area contributed by atoms with E-state index in [4.69, 9.17) is 19.0 Å². The molecule has 1 unspecified atom stereocenters. The molecule has 1 atom stereocenters. The van der Waals surface area contributed by atoms with Crippen molar-refractivity contribution in [1.29, 1.82) is 0 Å². The lowest BCUT2D eigenvalue weighted by Crippen LogP contribution is -2.36. The van der Waals surface area contributed by atoms with Crippen LogP contribution in [0.3, 0.4) is 0 Å². The molecule has 1 aromatic heterocycles. The van der Waals surface area contributed by atoms with Crippen molar-refractivity contribution in [2.45, 2.75) is 38.0 Å². The van der Waals surface area contributed by atoms with Crippen LogP contribution >= 0.6 is 0 Å². The first-order chi connectivity index (χ1) is 11.2. The topological polar surface area (TPSA) is 57.4 Å². The molecule has 0 spiro atoms. The van der Waals surface area contributed by atoms with Gasteiger partial charge in [-0.2, -0.15) is 4.98 Å². The fraction of sp³-hybridized carbons (Fsp3) is 0.556. The van der Waals surface area contributed by atoms with Gasteiger partial charge in [0.1, 0.15) is 0 Å². The third-order valence-corrected chi connectivity index (χ3v) is 4.66. The predicted octanol–water partition coefficient (Wildman–Crippen LogP) is 3.22. The van der Waals surface area contributed by atoms with Gasteiger partial charge in [-0.05, 0) is 25.3 Å². The molecule has 3 rings (SSSR count). The van der Waals surface area contributed by atoms with Crippen LogP contribution in [0.5, 0.6) is 0 Å². The van der Waals surface area contributed by atoms with Gasteiger partial charge in [-0.25, -0.2) is 0 Å². The molecule has 1 aromatic carbocycles. The van der Waals surface area contributed by atoms with E-state index in [1.165, 1.54) is 11.1 Å². The molecule has 1 aliphatic rings. The average Bonchev–Trinajstić information content (AvgIpc) is 3.07. The minimum absolute atomic E-state index is 0.0937. The highest BCUT2D eigenvalue weighted by molar-refractivity contribution is 5.35. The number of aromatic nitrogens is 2. The number of benzene rings is 1. The molecule has 5 heteroatoms. The normalized spacial score (nSPS) is 18.7. The maximum Gasteiger partial charge on any atom is 0.231 e. The van der Waals surface area contributed by atoms with Gasteiger partial charge in [0.25, 0.3) is 0 Å². The molecule has 0 N–H and O–H groups in total. The van der Waals surface area contributed by atoms with Gasteiger partial charge >= 0.3 is 0 Å². The fourth-order valence-corrected chi connectivity index (χ4v) is 3.18. The van der Waals surface area contributed by atoms with Gasteiger partial charge in [-0.15, -0.1) is 0 Å². The summed E-state index contributed by atoms with van der Waals surface area (Å²) in [4.78, 5) is 4.71. The van der Waals surface area contributed by atoms with E-state index in [0.29, 0.717) is 25.7 Å². The Balaban J connectivity index is 1.97. The third kappa shape index (κ3) is 3.16. The van der Waals surface area contributed by atoms with Crippen molar-refractivity contribution >= 4 is 0 Å². The van der Waals surface area contributed by atoms with Crippen LogP contribution in [0.25, 0.3) is 0 Å². The summed E-state index contributed by atoms with van der Waals surface area (Å²) in [6.45, 7) is 6.13. The second-order valence-corrected chi connectivity index (χ2v) is 6.37. The summed E-state index contributed by atoms with van der Waals surface area (Å²) >= 11 is 0. The lowest BCUT2D eigenvalue weighted by atomic mass is 9.73. The van der Waals surface area contributed by atoms with Gasteiger partial charge in [0.2, 0.25) is 5.89 Å². The molecule has 0 aliphatic carbocycles. The first-order valence-electron chi connectivity index (χ1n) is 8.13. The van der Waals surface area contributed by atoms with Gasteiger partial charge in [0.15, 0.2) is 5.82 Å². The number of hydrogen-bond donors (Lipinski definition) is 0. The zero-order chi connectivity index (χ0) is 16.3. The van der Waals surface area contributed by atoms with Crippen LogP contribution in [0, 0.1) is 6.92 Å². The van der Waals surface area contributed by atoms with Crippen molar-refractivity contribution in [3.8, 4) is 0 Å². The van der Waals surface area contributed by atoms with Crippen molar-refractivity contribution in [1.82, 2.24) is 10.1 Å². The maximum absolute atomic E-state index is 5.58. The zero-order valence-corrected chi connectivity index (χ0v) is 14.0. The van der Waals surface area contributed by atoms with E-state index in [1.54, 1.807) is 7.11 Å². The van der Waals surface area contributed by atoms with Crippen molar-refractivity contribution in [3.05, 3.63) is 47.1 Å². The van der Waals surface area contributed by atoms with E-state index in [-0.39, 0.29) is 11.3 Å².